The normalized spacial score (nSPS) is 19.5. The van der Waals surface area contributed by atoms with E-state index in [1.165, 1.54) is 38.2 Å². The van der Waals surface area contributed by atoms with Crippen LogP contribution in [0.2, 0.25) is 0 Å². The van der Waals surface area contributed by atoms with Crippen LogP contribution in [0.1, 0.15) is 57.6 Å². The van der Waals surface area contributed by atoms with E-state index < -0.39 is 0 Å². The van der Waals surface area contributed by atoms with Gasteiger partial charge in [0.25, 0.3) is 0 Å². The molecule has 2 rings (SSSR count). The standard InChI is InChI=1S/C16H25NO2/c1-3-16(8-4-5-9-16)11-17-12(2)14-10-13(18)6-7-15(14)19/h6-7,10,12,17-19H,3-5,8-9,11H2,1-2H3. The Morgan fingerprint density at radius 1 is 1.26 bits per heavy atom. The van der Waals surface area contributed by atoms with Gasteiger partial charge >= 0.3 is 0 Å². The first-order chi connectivity index (χ1) is 9.06. The number of phenols is 2. The topological polar surface area (TPSA) is 52.5 Å². The van der Waals surface area contributed by atoms with E-state index in [4.69, 9.17) is 0 Å². The first-order valence-electron chi connectivity index (χ1n) is 7.31. The van der Waals surface area contributed by atoms with Crippen molar-refractivity contribution in [2.45, 2.75) is 52.0 Å². The molecule has 1 aliphatic rings. The summed E-state index contributed by atoms with van der Waals surface area (Å²) in [7, 11) is 0. The van der Waals surface area contributed by atoms with Crippen LogP contribution < -0.4 is 5.32 Å². The molecular weight excluding hydrogens is 238 g/mol. The molecular formula is C16H25NO2. The summed E-state index contributed by atoms with van der Waals surface area (Å²) >= 11 is 0. The molecule has 106 valence electrons. The highest BCUT2D eigenvalue weighted by molar-refractivity contribution is 5.40. The van der Waals surface area contributed by atoms with Gasteiger partial charge in [-0.05, 0) is 49.8 Å². The van der Waals surface area contributed by atoms with Crippen molar-refractivity contribution in [1.82, 2.24) is 5.32 Å². The lowest BCUT2D eigenvalue weighted by Gasteiger charge is -2.30. The van der Waals surface area contributed by atoms with Gasteiger partial charge in [-0.3, -0.25) is 0 Å². The summed E-state index contributed by atoms with van der Waals surface area (Å²) in [6.07, 6.45) is 6.48. The number of aromatic hydroxyl groups is 2. The zero-order chi connectivity index (χ0) is 13.9. The molecule has 0 bridgehead atoms. The molecule has 0 aromatic heterocycles. The molecule has 3 N–H and O–H groups in total. The van der Waals surface area contributed by atoms with Crippen LogP contribution in [0.25, 0.3) is 0 Å². The average Bonchev–Trinajstić information content (AvgIpc) is 2.88. The maximum atomic E-state index is 9.87. The van der Waals surface area contributed by atoms with E-state index in [1.54, 1.807) is 12.1 Å². The third-order valence-corrected chi connectivity index (χ3v) is 4.68. The molecule has 1 aromatic rings. The Labute approximate surface area is 115 Å². The Morgan fingerprint density at radius 2 is 1.95 bits per heavy atom. The van der Waals surface area contributed by atoms with E-state index in [0.29, 0.717) is 5.41 Å². The van der Waals surface area contributed by atoms with Crippen LogP contribution in [-0.2, 0) is 0 Å². The summed E-state index contributed by atoms with van der Waals surface area (Å²) in [5.74, 6) is 0.447. The van der Waals surface area contributed by atoms with Crippen molar-refractivity contribution in [1.29, 1.82) is 0 Å². The van der Waals surface area contributed by atoms with Gasteiger partial charge in [0.1, 0.15) is 11.5 Å². The molecule has 0 heterocycles. The molecule has 0 spiro atoms. The zero-order valence-corrected chi connectivity index (χ0v) is 11.9. The van der Waals surface area contributed by atoms with Crippen molar-refractivity contribution in [3.8, 4) is 11.5 Å². The second-order valence-corrected chi connectivity index (χ2v) is 5.91. The Hall–Kier alpha value is -1.22. The predicted molar refractivity (Wildman–Crippen MR) is 77.4 cm³/mol. The van der Waals surface area contributed by atoms with Crippen LogP contribution >= 0.6 is 0 Å². The second-order valence-electron chi connectivity index (χ2n) is 5.91. The first kappa shape index (κ1) is 14.2. The monoisotopic (exact) mass is 263 g/mol. The van der Waals surface area contributed by atoms with E-state index >= 15 is 0 Å². The van der Waals surface area contributed by atoms with Crippen LogP contribution in [-0.4, -0.2) is 16.8 Å². The molecule has 1 fully saturated rings. The highest BCUT2D eigenvalue weighted by atomic mass is 16.3. The molecule has 0 radical (unpaired) electrons. The summed E-state index contributed by atoms with van der Waals surface area (Å²) < 4.78 is 0. The number of benzene rings is 1. The molecule has 1 aliphatic carbocycles. The predicted octanol–water partition coefficient (Wildman–Crippen LogP) is 3.72. The molecule has 3 heteroatoms. The summed E-state index contributed by atoms with van der Waals surface area (Å²) in [5.41, 5.74) is 1.20. The van der Waals surface area contributed by atoms with Crippen LogP contribution in [0.15, 0.2) is 18.2 Å². The van der Waals surface area contributed by atoms with Crippen molar-refractivity contribution < 1.29 is 10.2 Å². The Balaban J connectivity index is 2.00. The Kier molecular flexibility index (Phi) is 4.35. The molecule has 0 amide bonds. The summed E-state index contributed by atoms with van der Waals surface area (Å²) in [5, 5.41) is 22.9. The third-order valence-electron chi connectivity index (χ3n) is 4.68. The fourth-order valence-electron chi connectivity index (χ4n) is 3.15. The Morgan fingerprint density at radius 3 is 2.58 bits per heavy atom. The molecule has 3 nitrogen and oxygen atoms in total. The van der Waals surface area contributed by atoms with Crippen molar-refractivity contribution in [3.63, 3.8) is 0 Å². The summed E-state index contributed by atoms with van der Waals surface area (Å²) in [6.45, 7) is 5.29. The number of hydrogen-bond donors (Lipinski definition) is 3. The van der Waals surface area contributed by atoms with Crippen LogP contribution in [0, 0.1) is 5.41 Å². The largest absolute Gasteiger partial charge is 0.508 e. The fraction of sp³-hybridized carbons (Fsp3) is 0.625. The number of nitrogens with one attached hydrogen (secondary N) is 1. The van der Waals surface area contributed by atoms with Crippen LogP contribution in [0.3, 0.4) is 0 Å². The van der Waals surface area contributed by atoms with Crippen molar-refractivity contribution in [2.75, 3.05) is 6.54 Å². The molecule has 0 aliphatic heterocycles. The van der Waals surface area contributed by atoms with Crippen LogP contribution in [0.4, 0.5) is 0 Å². The Bertz CT molecular complexity index is 425. The van der Waals surface area contributed by atoms with Crippen LogP contribution in [0.5, 0.6) is 11.5 Å². The fourth-order valence-corrected chi connectivity index (χ4v) is 3.15. The lowest BCUT2D eigenvalue weighted by molar-refractivity contribution is 0.258. The number of rotatable bonds is 5. The molecule has 1 saturated carbocycles. The molecule has 19 heavy (non-hydrogen) atoms. The van der Waals surface area contributed by atoms with Gasteiger partial charge in [0, 0.05) is 18.2 Å². The number of hydrogen-bond acceptors (Lipinski definition) is 3. The summed E-state index contributed by atoms with van der Waals surface area (Å²) in [4.78, 5) is 0. The van der Waals surface area contributed by atoms with E-state index in [1.807, 2.05) is 6.92 Å². The minimum atomic E-state index is 0.0520. The molecule has 1 aromatic carbocycles. The van der Waals surface area contributed by atoms with Gasteiger partial charge in [0.05, 0.1) is 0 Å². The summed E-state index contributed by atoms with van der Waals surface area (Å²) in [6, 6.07) is 4.75. The van der Waals surface area contributed by atoms with Gasteiger partial charge in [0.15, 0.2) is 0 Å². The average molecular weight is 263 g/mol. The van der Waals surface area contributed by atoms with Gasteiger partial charge < -0.3 is 15.5 Å². The van der Waals surface area contributed by atoms with E-state index in [9.17, 15) is 10.2 Å². The van der Waals surface area contributed by atoms with E-state index in [0.717, 1.165) is 12.1 Å². The maximum absolute atomic E-state index is 9.87. The van der Waals surface area contributed by atoms with Gasteiger partial charge in [-0.2, -0.15) is 0 Å². The van der Waals surface area contributed by atoms with Crippen molar-refractivity contribution in [3.05, 3.63) is 23.8 Å². The smallest absolute Gasteiger partial charge is 0.120 e. The molecule has 1 atom stereocenters. The first-order valence-corrected chi connectivity index (χ1v) is 7.31. The minimum Gasteiger partial charge on any atom is -0.508 e. The zero-order valence-electron chi connectivity index (χ0n) is 11.9. The highest BCUT2D eigenvalue weighted by Gasteiger charge is 2.32. The minimum absolute atomic E-state index is 0.0520. The van der Waals surface area contributed by atoms with Gasteiger partial charge in [-0.1, -0.05) is 19.8 Å². The van der Waals surface area contributed by atoms with Gasteiger partial charge in [-0.25, -0.2) is 0 Å². The highest BCUT2D eigenvalue weighted by Crippen LogP contribution is 2.41. The molecule has 1 unspecified atom stereocenters. The quantitative estimate of drug-likeness (QED) is 0.710. The number of phenolic OH excluding ortho intramolecular Hbond substituents is 2. The van der Waals surface area contributed by atoms with Crippen molar-refractivity contribution in [2.24, 2.45) is 5.41 Å². The molecule has 0 saturated heterocycles. The van der Waals surface area contributed by atoms with E-state index in [2.05, 4.69) is 12.2 Å². The van der Waals surface area contributed by atoms with E-state index in [-0.39, 0.29) is 17.5 Å². The lowest BCUT2D eigenvalue weighted by atomic mass is 9.83. The third kappa shape index (κ3) is 3.21. The van der Waals surface area contributed by atoms with Crippen molar-refractivity contribution >= 4 is 0 Å². The lowest BCUT2D eigenvalue weighted by Crippen LogP contribution is -2.33. The maximum Gasteiger partial charge on any atom is 0.120 e. The SMILES string of the molecule is CCC1(CNC(C)c2cc(O)ccc2O)CCCC1. The van der Waals surface area contributed by atoms with Gasteiger partial charge in [-0.15, -0.1) is 0 Å². The van der Waals surface area contributed by atoms with Gasteiger partial charge in [0.2, 0.25) is 0 Å². The second kappa shape index (κ2) is 5.83.